The van der Waals surface area contributed by atoms with Gasteiger partial charge in [0.15, 0.2) is 0 Å². The normalized spacial score (nSPS) is 16.8. The molecule has 1 aliphatic heterocycles. The number of nitrogens with zero attached hydrogens (tertiary/aromatic N) is 2. The molecule has 0 unspecified atom stereocenters. The molecule has 0 spiro atoms. The molecule has 3 aromatic rings. The molecule has 2 aromatic carbocycles. The number of carbonyl (C=O) groups excluding carboxylic acids is 2. The number of hydrogen-bond donors (Lipinski definition) is 1. The van der Waals surface area contributed by atoms with Gasteiger partial charge in [0, 0.05) is 54.3 Å². The van der Waals surface area contributed by atoms with Gasteiger partial charge in [-0.15, -0.1) is 0 Å². The number of benzene rings is 2. The highest BCUT2D eigenvalue weighted by molar-refractivity contribution is 5.98. The third kappa shape index (κ3) is 6.62. The van der Waals surface area contributed by atoms with Gasteiger partial charge >= 0.3 is 12.3 Å². The lowest BCUT2D eigenvalue weighted by molar-refractivity contribution is -0.137. The van der Waals surface area contributed by atoms with Gasteiger partial charge in [0.2, 0.25) is 0 Å². The largest absolute Gasteiger partial charge is 0.444 e. The molecule has 0 radical (unpaired) electrons. The van der Waals surface area contributed by atoms with Gasteiger partial charge in [-0.05, 0) is 94.3 Å². The van der Waals surface area contributed by atoms with E-state index in [4.69, 9.17) is 4.74 Å². The summed E-state index contributed by atoms with van der Waals surface area (Å²) in [6.45, 7) is 7.32. The zero-order valence-corrected chi connectivity index (χ0v) is 23.2. The SMILES string of the molecule is CC(C)(C)OC(=O)N1CCC(CNC(=O)c2ccc3c(c2)cc(Cc2ccc(C(F)(F)F)cc2)n3C2CC2)CC1. The van der Waals surface area contributed by atoms with Gasteiger partial charge in [0.25, 0.3) is 5.91 Å². The molecule has 0 atom stereocenters. The van der Waals surface area contributed by atoms with Gasteiger partial charge in [-0.25, -0.2) is 4.79 Å². The van der Waals surface area contributed by atoms with Crippen LogP contribution in [0.5, 0.6) is 0 Å². The number of ether oxygens (including phenoxy) is 1. The van der Waals surface area contributed by atoms with Crippen molar-refractivity contribution in [2.45, 2.75) is 70.7 Å². The topological polar surface area (TPSA) is 63.6 Å². The van der Waals surface area contributed by atoms with E-state index in [0.717, 1.165) is 60.0 Å². The summed E-state index contributed by atoms with van der Waals surface area (Å²) in [5.41, 5.74) is 2.29. The van der Waals surface area contributed by atoms with Crippen LogP contribution in [-0.4, -0.2) is 46.7 Å². The van der Waals surface area contributed by atoms with E-state index < -0.39 is 17.3 Å². The van der Waals surface area contributed by atoms with Crippen molar-refractivity contribution >= 4 is 22.9 Å². The van der Waals surface area contributed by atoms with Gasteiger partial charge in [-0.3, -0.25) is 4.79 Å². The van der Waals surface area contributed by atoms with Crippen molar-refractivity contribution in [3.63, 3.8) is 0 Å². The van der Waals surface area contributed by atoms with Crippen molar-refractivity contribution in [1.29, 1.82) is 0 Å². The number of likely N-dealkylation sites (tertiary alicyclic amines) is 1. The highest BCUT2D eigenvalue weighted by atomic mass is 19.4. The second-order valence-corrected chi connectivity index (χ2v) is 12.0. The van der Waals surface area contributed by atoms with E-state index in [9.17, 15) is 22.8 Å². The predicted molar refractivity (Wildman–Crippen MR) is 147 cm³/mol. The van der Waals surface area contributed by atoms with Gasteiger partial charge in [-0.1, -0.05) is 12.1 Å². The molecule has 214 valence electrons. The number of fused-ring (bicyclic) bond motifs is 1. The lowest BCUT2D eigenvalue weighted by atomic mass is 9.97. The second-order valence-electron chi connectivity index (χ2n) is 12.0. The van der Waals surface area contributed by atoms with E-state index in [1.807, 2.05) is 39.0 Å². The van der Waals surface area contributed by atoms with Crippen LogP contribution >= 0.6 is 0 Å². The highest BCUT2D eigenvalue weighted by Gasteiger charge is 2.31. The lowest BCUT2D eigenvalue weighted by Crippen LogP contribution is -2.43. The molecule has 9 heteroatoms. The summed E-state index contributed by atoms with van der Waals surface area (Å²) in [4.78, 5) is 27.0. The minimum atomic E-state index is -4.35. The number of alkyl halides is 3. The fourth-order valence-corrected chi connectivity index (χ4v) is 5.34. The summed E-state index contributed by atoms with van der Waals surface area (Å²) in [5.74, 6) is 0.151. The third-order valence-electron chi connectivity index (χ3n) is 7.58. The van der Waals surface area contributed by atoms with Crippen LogP contribution in [0.2, 0.25) is 0 Å². The molecule has 2 aliphatic rings. The van der Waals surface area contributed by atoms with Crippen LogP contribution in [0, 0.1) is 5.92 Å². The summed E-state index contributed by atoms with van der Waals surface area (Å²) >= 11 is 0. The van der Waals surface area contributed by atoms with Gasteiger partial charge in [-0.2, -0.15) is 13.2 Å². The molecule has 40 heavy (non-hydrogen) atoms. The van der Waals surface area contributed by atoms with E-state index in [1.54, 1.807) is 4.90 Å². The Bertz CT molecular complexity index is 1380. The van der Waals surface area contributed by atoms with Crippen LogP contribution in [0.15, 0.2) is 48.5 Å². The summed E-state index contributed by atoms with van der Waals surface area (Å²) in [5, 5.41) is 4.01. The first-order chi connectivity index (χ1) is 18.9. The Morgan fingerprint density at radius 3 is 2.23 bits per heavy atom. The standard InChI is InChI=1S/C31H36F3N3O3/c1-30(2,3)40-29(39)36-14-12-21(13-15-36)19-35-28(38)22-6-11-27-23(17-22)18-26(37(27)25-9-10-25)16-20-4-7-24(8-5-20)31(32,33)34/h4-8,11,17-18,21,25H,9-10,12-16,19H2,1-3H3,(H,35,38). The van der Waals surface area contributed by atoms with Crippen LogP contribution in [0.25, 0.3) is 10.9 Å². The molecular formula is C31H36F3N3O3. The average Bonchev–Trinajstić information content (AvgIpc) is 3.66. The molecule has 5 rings (SSSR count). The number of piperidine rings is 1. The maximum Gasteiger partial charge on any atom is 0.416 e. The predicted octanol–water partition coefficient (Wildman–Crippen LogP) is 6.96. The first kappa shape index (κ1) is 28.1. The van der Waals surface area contributed by atoms with Crippen LogP contribution in [-0.2, 0) is 17.3 Å². The lowest BCUT2D eigenvalue weighted by Gasteiger charge is -2.33. The van der Waals surface area contributed by atoms with Crippen LogP contribution in [0.1, 0.15) is 79.7 Å². The van der Waals surface area contributed by atoms with Crippen LogP contribution < -0.4 is 5.32 Å². The fraction of sp³-hybridized carbons (Fsp3) is 0.484. The number of aromatic nitrogens is 1. The second kappa shape index (κ2) is 10.8. The van der Waals surface area contributed by atoms with Gasteiger partial charge in [0.05, 0.1) is 5.56 Å². The molecule has 6 nitrogen and oxygen atoms in total. The minimum absolute atomic E-state index is 0.139. The highest BCUT2D eigenvalue weighted by Crippen LogP contribution is 2.40. The van der Waals surface area contributed by atoms with Gasteiger partial charge in [0.1, 0.15) is 5.60 Å². The first-order valence-corrected chi connectivity index (χ1v) is 13.9. The molecule has 1 saturated heterocycles. The molecule has 2 fully saturated rings. The van der Waals surface area contributed by atoms with Crippen molar-refractivity contribution in [3.05, 3.63) is 70.9 Å². The summed E-state index contributed by atoms with van der Waals surface area (Å²) in [6.07, 6.45) is -0.383. The summed E-state index contributed by atoms with van der Waals surface area (Å²) < 4.78 is 46.6. The number of amides is 2. The van der Waals surface area contributed by atoms with E-state index in [1.165, 1.54) is 12.1 Å². The number of nitrogens with one attached hydrogen (secondary N) is 1. The van der Waals surface area contributed by atoms with Crippen LogP contribution in [0.4, 0.5) is 18.0 Å². The molecule has 0 bridgehead atoms. The Kier molecular flexibility index (Phi) is 7.59. The van der Waals surface area contributed by atoms with Crippen molar-refractivity contribution in [2.24, 2.45) is 5.92 Å². The van der Waals surface area contributed by atoms with Crippen LogP contribution in [0.3, 0.4) is 0 Å². The number of carbonyl (C=O) groups is 2. The maximum absolute atomic E-state index is 13.0. The zero-order chi connectivity index (χ0) is 28.7. The van der Waals surface area contributed by atoms with E-state index in [0.29, 0.717) is 37.7 Å². The van der Waals surface area contributed by atoms with E-state index in [2.05, 4.69) is 16.0 Å². The Hall–Kier alpha value is -3.49. The van der Waals surface area contributed by atoms with E-state index >= 15 is 0 Å². The Labute approximate surface area is 232 Å². The Morgan fingerprint density at radius 1 is 0.950 bits per heavy atom. The number of hydrogen-bond acceptors (Lipinski definition) is 3. The quantitative estimate of drug-likeness (QED) is 0.358. The summed E-state index contributed by atoms with van der Waals surface area (Å²) in [6, 6.07) is 13.5. The Balaban J connectivity index is 1.22. The molecule has 1 aromatic heterocycles. The molecule has 1 aliphatic carbocycles. The van der Waals surface area contributed by atoms with E-state index in [-0.39, 0.29) is 17.9 Å². The average molecular weight is 556 g/mol. The van der Waals surface area contributed by atoms with Gasteiger partial charge < -0.3 is 19.5 Å². The maximum atomic E-state index is 13.0. The zero-order valence-electron chi connectivity index (χ0n) is 23.2. The van der Waals surface area contributed by atoms with Crippen molar-refractivity contribution < 1.29 is 27.5 Å². The third-order valence-corrected chi connectivity index (χ3v) is 7.58. The van der Waals surface area contributed by atoms with Crippen molar-refractivity contribution in [1.82, 2.24) is 14.8 Å². The molecule has 2 heterocycles. The monoisotopic (exact) mass is 555 g/mol. The number of rotatable bonds is 6. The smallest absolute Gasteiger partial charge is 0.416 e. The number of halogens is 3. The molecule has 1 saturated carbocycles. The first-order valence-electron chi connectivity index (χ1n) is 13.9. The fourth-order valence-electron chi connectivity index (χ4n) is 5.34. The Morgan fingerprint density at radius 2 is 1.62 bits per heavy atom. The van der Waals surface area contributed by atoms with Crippen molar-refractivity contribution in [2.75, 3.05) is 19.6 Å². The molecule has 2 amide bonds. The van der Waals surface area contributed by atoms with Crippen molar-refractivity contribution in [3.8, 4) is 0 Å². The summed E-state index contributed by atoms with van der Waals surface area (Å²) in [7, 11) is 0. The molecular weight excluding hydrogens is 519 g/mol. The minimum Gasteiger partial charge on any atom is -0.444 e. The molecule has 1 N–H and O–H groups in total.